The molecule has 8 heteroatoms. The van der Waals surface area contributed by atoms with Crippen molar-refractivity contribution < 1.29 is 4.79 Å². The Balaban J connectivity index is 1.40. The molecule has 0 radical (unpaired) electrons. The van der Waals surface area contributed by atoms with Gasteiger partial charge in [-0.15, -0.1) is 10.2 Å². The number of aromatic amines is 1. The molecule has 4 heterocycles. The average molecular weight is 387 g/mol. The molecule has 1 amide bonds. The summed E-state index contributed by atoms with van der Waals surface area (Å²) in [6, 6.07) is 0. The number of hydrogen-bond donors (Lipinski definition) is 1. The number of carbonyl (C=O) groups is 1. The molecule has 144 valence electrons. The van der Waals surface area contributed by atoms with Crippen LogP contribution < -0.4 is 4.90 Å². The first kappa shape index (κ1) is 17.2. The number of aromatic nitrogens is 4. The van der Waals surface area contributed by atoms with Gasteiger partial charge in [-0.05, 0) is 32.1 Å². The normalized spacial score (nSPS) is 21.5. The SMILES string of the molecule is CCCc1nnc(N2CCC3(CC2)c2nc[nH]c2CCN3C(=O)C2CC2)s1. The minimum atomic E-state index is -0.249. The van der Waals surface area contributed by atoms with E-state index >= 15 is 0 Å². The van der Waals surface area contributed by atoms with Gasteiger partial charge in [0.25, 0.3) is 0 Å². The Morgan fingerprint density at radius 2 is 2.11 bits per heavy atom. The number of nitrogens with one attached hydrogen (secondary N) is 1. The molecule has 1 spiro atoms. The van der Waals surface area contributed by atoms with Gasteiger partial charge >= 0.3 is 0 Å². The maximum absolute atomic E-state index is 13.0. The zero-order chi connectivity index (χ0) is 18.4. The van der Waals surface area contributed by atoms with Crippen molar-refractivity contribution in [2.45, 2.75) is 57.4 Å². The number of nitrogens with zero attached hydrogens (tertiary/aromatic N) is 5. The summed E-state index contributed by atoms with van der Waals surface area (Å²) in [4.78, 5) is 25.5. The molecule has 2 fully saturated rings. The first-order valence-corrected chi connectivity index (χ1v) is 10.9. The van der Waals surface area contributed by atoms with E-state index in [0.717, 1.165) is 80.4 Å². The lowest BCUT2D eigenvalue weighted by atomic mass is 9.78. The zero-order valence-corrected chi connectivity index (χ0v) is 16.6. The van der Waals surface area contributed by atoms with E-state index in [2.05, 4.69) is 36.9 Å². The van der Waals surface area contributed by atoms with E-state index in [1.807, 2.05) is 0 Å². The Labute approximate surface area is 163 Å². The highest BCUT2D eigenvalue weighted by Gasteiger charge is 2.51. The summed E-state index contributed by atoms with van der Waals surface area (Å²) < 4.78 is 0. The molecule has 5 rings (SSSR count). The van der Waals surface area contributed by atoms with Crippen LogP contribution >= 0.6 is 11.3 Å². The lowest BCUT2D eigenvalue weighted by Crippen LogP contribution is -2.58. The van der Waals surface area contributed by atoms with Crippen LogP contribution in [-0.4, -0.2) is 50.6 Å². The third-order valence-electron chi connectivity index (χ3n) is 6.23. The van der Waals surface area contributed by atoms with Gasteiger partial charge in [0.15, 0.2) is 0 Å². The van der Waals surface area contributed by atoms with Crippen LogP contribution in [0, 0.1) is 5.92 Å². The fraction of sp³-hybridized carbons (Fsp3) is 0.684. The van der Waals surface area contributed by atoms with Gasteiger partial charge in [0.1, 0.15) is 5.01 Å². The van der Waals surface area contributed by atoms with Gasteiger partial charge in [0.2, 0.25) is 11.0 Å². The molecule has 2 aromatic heterocycles. The molecule has 2 aliphatic heterocycles. The first-order chi connectivity index (χ1) is 13.2. The first-order valence-electron chi connectivity index (χ1n) is 10.1. The quantitative estimate of drug-likeness (QED) is 0.874. The minimum absolute atomic E-state index is 0.249. The van der Waals surface area contributed by atoms with Gasteiger partial charge in [-0.3, -0.25) is 4.79 Å². The number of rotatable bonds is 4. The Morgan fingerprint density at radius 1 is 1.30 bits per heavy atom. The molecule has 3 aliphatic rings. The van der Waals surface area contributed by atoms with Crippen molar-refractivity contribution in [3.05, 3.63) is 22.7 Å². The third kappa shape index (κ3) is 2.85. The molecular weight excluding hydrogens is 360 g/mol. The van der Waals surface area contributed by atoms with Gasteiger partial charge in [-0.2, -0.15) is 0 Å². The van der Waals surface area contributed by atoms with E-state index in [1.54, 1.807) is 17.7 Å². The molecule has 1 saturated carbocycles. The number of piperidine rings is 1. The molecule has 0 aromatic carbocycles. The van der Waals surface area contributed by atoms with Crippen molar-refractivity contribution >= 4 is 22.4 Å². The van der Waals surface area contributed by atoms with Crippen LogP contribution in [0.1, 0.15) is 55.4 Å². The number of anilines is 1. The second-order valence-electron chi connectivity index (χ2n) is 7.99. The number of fused-ring (bicyclic) bond motifs is 2. The number of imidazole rings is 1. The van der Waals surface area contributed by atoms with Gasteiger partial charge in [-0.25, -0.2) is 4.98 Å². The van der Waals surface area contributed by atoms with Gasteiger partial charge in [0.05, 0.1) is 17.6 Å². The molecule has 0 atom stereocenters. The molecule has 1 saturated heterocycles. The van der Waals surface area contributed by atoms with E-state index in [1.165, 1.54) is 5.69 Å². The fourth-order valence-electron chi connectivity index (χ4n) is 4.61. The summed E-state index contributed by atoms with van der Waals surface area (Å²) in [5.41, 5.74) is 2.07. The smallest absolute Gasteiger partial charge is 0.226 e. The van der Waals surface area contributed by atoms with Crippen molar-refractivity contribution in [1.82, 2.24) is 25.1 Å². The topological polar surface area (TPSA) is 78.0 Å². The Kier molecular flexibility index (Phi) is 4.18. The Hall–Kier alpha value is -1.96. The molecule has 1 N–H and O–H groups in total. The lowest BCUT2D eigenvalue weighted by Gasteiger charge is -2.50. The minimum Gasteiger partial charge on any atom is -0.348 e. The highest BCUT2D eigenvalue weighted by Crippen LogP contribution is 2.45. The third-order valence-corrected chi connectivity index (χ3v) is 7.28. The Bertz CT molecular complexity index is 833. The summed E-state index contributed by atoms with van der Waals surface area (Å²) >= 11 is 1.71. The lowest BCUT2D eigenvalue weighted by molar-refractivity contribution is -0.142. The van der Waals surface area contributed by atoms with Crippen molar-refractivity contribution in [2.75, 3.05) is 24.5 Å². The maximum Gasteiger partial charge on any atom is 0.226 e. The monoisotopic (exact) mass is 386 g/mol. The summed E-state index contributed by atoms with van der Waals surface area (Å²) in [7, 11) is 0. The van der Waals surface area contributed by atoms with E-state index in [4.69, 9.17) is 0 Å². The van der Waals surface area contributed by atoms with Crippen LogP contribution in [0.2, 0.25) is 0 Å². The average Bonchev–Trinajstić information content (AvgIpc) is 3.23. The van der Waals surface area contributed by atoms with E-state index < -0.39 is 0 Å². The highest BCUT2D eigenvalue weighted by molar-refractivity contribution is 7.15. The van der Waals surface area contributed by atoms with E-state index in [0.29, 0.717) is 5.91 Å². The second kappa shape index (κ2) is 6.58. The molecular formula is C19H26N6OS. The summed E-state index contributed by atoms with van der Waals surface area (Å²) in [5.74, 6) is 0.596. The molecule has 0 bridgehead atoms. The predicted octanol–water partition coefficient (Wildman–Crippen LogP) is 2.50. The fourth-order valence-corrected chi connectivity index (χ4v) is 5.60. The van der Waals surface area contributed by atoms with E-state index in [-0.39, 0.29) is 11.5 Å². The van der Waals surface area contributed by atoms with Crippen LogP contribution in [0.15, 0.2) is 6.33 Å². The van der Waals surface area contributed by atoms with Gasteiger partial charge in [0, 0.05) is 44.1 Å². The van der Waals surface area contributed by atoms with Crippen molar-refractivity contribution in [2.24, 2.45) is 5.92 Å². The number of aryl methyl sites for hydroxylation is 1. The molecule has 1 aliphatic carbocycles. The standard InChI is InChI=1S/C19H26N6OS/c1-2-3-15-22-23-18(27-15)24-10-7-19(8-11-24)16-14(20-12-21-16)6-9-25(19)17(26)13-4-5-13/h12-13H,2-11H2,1H3,(H,20,21). The van der Waals surface area contributed by atoms with Crippen LogP contribution in [0.4, 0.5) is 5.13 Å². The van der Waals surface area contributed by atoms with Crippen LogP contribution in [0.25, 0.3) is 0 Å². The largest absolute Gasteiger partial charge is 0.348 e. The summed E-state index contributed by atoms with van der Waals surface area (Å²) in [5, 5.41) is 10.9. The highest BCUT2D eigenvalue weighted by atomic mass is 32.1. The molecule has 7 nitrogen and oxygen atoms in total. The summed E-state index contributed by atoms with van der Waals surface area (Å²) in [6.07, 6.45) is 8.69. The van der Waals surface area contributed by atoms with Crippen molar-refractivity contribution in [1.29, 1.82) is 0 Å². The number of H-pyrrole nitrogens is 1. The Morgan fingerprint density at radius 3 is 2.85 bits per heavy atom. The van der Waals surface area contributed by atoms with Gasteiger partial charge < -0.3 is 14.8 Å². The van der Waals surface area contributed by atoms with Gasteiger partial charge in [-0.1, -0.05) is 18.3 Å². The van der Waals surface area contributed by atoms with Crippen molar-refractivity contribution in [3.63, 3.8) is 0 Å². The van der Waals surface area contributed by atoms with Crippen LogP contribution in [0.5, 0.6) is 0 Å². The van der Waals surface area contributed by atoms with Crippen LogP contribution in [0.3, 0.4) is 0 Å². The van der Waals surface area contributed by atoms with Crippen LogP contribution in [-0.2, 0) is 23.2 Å². The zero-order valence-electron chi connectivity index (χ0n) is 15.8. The number of carbonyl (C=O) groups excluding carboxylic acids is 1. The molecule has 27 heavy (non-hydrogen) atoms. The molecule has 2 aromatic rings. The van der Waals surface area contributed by atoms with E-state index in [9.17, 15) is 4.79 Å². The second-order valence-corrected chi connectivity index (χ2v) is 9.03. The predicted molar refractivity (Wildman–Crippen MR) is 104 cm³/mol. The summed E-state index contributed by atoms with van der Waals surface area (Å²) in [6.45, 7) is 4.76. The number of amides is 1. The molecule has 0 unspecified atom stereocenters. The number of hydrogen-bond acceptors (Lipinski definition) is 6. The maximum atomic E-state index is 13.0. The van der Waals surface area contributed by atoms with Crippen molar-refractivity contribution in [3.8, 4) is 0 Å².